The van der Waals surface area contributed by atoms with Crippen molar-refractivity contribution in [2.45, 2.75) is 6.42 Å². The fourth-order valence-electron chi connectivity index (χ4n) is 2.68. The van der Waals surface area contributed by atoms with E-state index in [-0.39, 0.29) is 37.2 Å². The van der Waals surface area contributed by atoms with E-state index in [2.05, 4.69) is 52.3 Å². The molecule has 1 aliphatic carbocycles. The molecule has 6 heteroatoms. The van der Waals surface area contributed by atoms with E-state index in [4.69, 9.17) is 0 Å². The van der Waals surface area contributed by atoms with Gasteiger partial charge in [0, 0.05) is 0 Å². The van der Waals surface area contributed by atoms with Crippen molar-refractivity contribution in [3.05, 3.63) is 52.0 Å². The Balaban J connectivity index is 0.000000735. The van der Waals surface area contributed by atoms with Crippen LogP contribution in [0.5, 0.6) is 0 Å². The van der Waals surface area contributed by atoms with E-state index in [1.165, 1.54) is 58.6 Å². The number of hydrogen-bond acceptors (Lipinski definition) is 1. The Bertz CT molecular complexity index is 801. The average Bonchev–Trinajstić information content (AvgIpc) is 2.87. The third-order valence-electron chi connectivity index (χ3n) is 3.53. The quantitative estimate of drug-likeness (QED) is 0.230. The van der Waals surface area contributed by atoms with Crippen LogP contribution in [0.4, 0.5) is 0 Å². The van der Waals surface area contributed by atoms with E-state index in [9.17, 15) is 0 Å². The van der Waals surface area contributed by atoms with Crippen molar-refractivity contribution in [3.8, 4) is 10.4 Å². The normalized spacial score (nSPS) is 11.0. The predicted molar refractivity (Wildman–Crippen MR) is 77.4 cm³/mol. The molecule has 0 saturated heterocycles. The van der Waals surface area contributed by atoms with Crippen molar-refractivity contribution in [2.24, 2.45) is 0 Å². The summed E-state index contributed by atoms with van der Waals surface area (Å²) in [6, 6.07) is 13.3. The first kappa shape index (κ1) is 19.7. The van der Waals surface area contributed by atoms with Gasteiger partial charge in [0.05, 0.1) is 0 Å². The molecule has 0 bridgehead atoms. The topological polar surface area (TPSA) is 0 Å². The van der Waals surface area contributed by atoms with Crippen molar-refractivity contribution < 1.29 is 61.9 Å². The number of hydrogen-bond donors (Lipinski definition) is 0. The monoisotopic (exact) mass is 494 g/mol. The Morgan fingerprint density at radius 1 is 1.00 bits per heavy atom. The van der Waals surface area contributed by atoms with Crippen molar-refractivity contribution in [3.63, 3.8) is 0 Å². The Labute approximate surface area is 169 Å². The van der Waals surface area contributed by atoms with Gasteiger partial charge in [0.1, 0.15) is 0 Å². The van der Waals surface area contributed by atoms with Crippen molar-refractivity contribution >= 4 is 40.6 Å². The van der Waals surface area contributed by atoms with Gasteiger partial charge in [0.15, 0.2) is 0 Å². The third-order valence-corrected chi connectivity index (χ3v) is 6.42. The molecule has 0 nitrogen and oxygen atoms in total. The minimum Gasteiger partial charge on any atom is -1.00 e. The molecule has 0 radical (unpaired) electrons. The van der Waals surface area contributed by atoms with Gasteiger partial charge in [-0.25, -0.2) is 0 Å². The number of halogens is 4. The zero-order chi connectivity index (χ0) is 12.3. The second-order valence-corrected chi connectivity index (χ2v) is 7.85. The molecule has 3 aromatic rings. The molecule has 1 heterocycles. The molecule has 0 saturated carbocycles. The van der Waals surface area contributed by atoms with E-state index >= 15 is 0 Å². The fourth-order valence-corrected chi connectivity index (χ4v) is 5.08. The van der Waals surface area contributed by atoms with Gasteiger partial charge in [-0.2, -0.15) is 0 Å². The van der Waals surface area contributed by atoms with Gasteiger partial charge in [-0.05, 0) is 0 Å². The van der Waals surface area contributed by atoms with Gasteiger partial charge in [-0.15, -0.1) is 0 Å². The molecule has 0 atom stereocenters. The van der Waals surface area contributed by atoms with Crippen LogP contribution in [0, 0.1) is 0 Å². The predicted octanol–water partition coefficient (Wildman–Crippen LogP) is -4.58. The SMILES string of the molecule is Brc1ccc2sc3c(c2c1)Cc1[c]([Zr+3])cccc1-3.[Cl-].[Cl-].[Cl-]. The van der Waals surface area contributed by atoms with E-state index in [1.807, 2.05) is 11.3 Å². The summed E-state index contributed by atoms with van der Waals surface area (Å²) in [5, 5.41) is 1.43. The Kier molecular flexibility index (Phi) is 7.00. The summed E-state index contributed by atoms with van der Waals surface area (Å²) >= 11 is 7.04. The van der Waals surface area contributed by atoms with Crippen LogP contribution in [0.15, 0.2) is 40.9 Å². The number of rotatable bonds is 0. The summed E-state index contributed by atoms with van der Waals surface area (Å²) in [6.45, 7) is 0. The van der Waals surface area contributed by atoms with Crippen molar-refractivity contribution in [1.82, 2.24) is 0 Å². The Morgan fingerprint density at radius 2 is 1.76 bits per heavy atom. The molecule has 0 unspecified atom stereocenters. The first-order valence-electron chi connectivity index (χ1n) is 5.79. The van der Waals surface area contributed by atoms with Gasteiger partial charge in [-0.3, -0.25) is 0 Å². The molecule has 0 fully saturated rings. The maximum Gasteiger partial charge on any atom is -1.00 e. The first-order chi connectivity index (χ1) is 8.74. The van der Waals surface area contributed by atoms with Crippen molar-refractivity contribution in [1.29, 1.82) is 0 Å². The molecular weight excluding hydrogens is 490 g/mol. The minimum absolute atomic E-state index is 0. The summed E-state index contributed by atoms with van der Waals surface area (Å²) in [6.07, 6.45) is 1.11. The van der Waals surface area contributed by atoms with Crippen LogP contribution in [-0.4, -0.2) is 0 Å². The van der Waals surface area contributed by atoms with E-state index < -0.39 is 0 Å². The summed E-state index contributed by atoms with van der Waals surface area (Å²) in [5.74, 6) is 0. The summed E-state index contributed by atoms with van der Waals surface area (Å²) in [5.41, 5.74) is 4.55. The molecule has 4 rings (SSSR count). The van der Waals surface area contributed by atoms with E-state index in [1.54, 1.807) is 5.56 Å². The number of fused-ring (bicyclic) bond motifs is 5. The molecule has 0 N–H and O–H groups in total. The Morgan fingerprint density at radius 3 is 2.52 bits per heavy atom. The summed E-state index contributed by atoms with van der Waals surface area (Å²) in [7, 11) is 0. The van der Waals surface area contributed by atoms with Crippen LogP contribution in [0.3, 0.4) is 0 Å². The molecule has 1 aromatic heterocycles. The van der Waals surface area contributed by atoms with Crippen LogP contribution >= 0.6 is 27.3 Å². The maximum absolute atomic E-state index is 3.58. The molecular formula is C15H8BrCl3SZr. The minimum atomic E-state index is 0. The molecule has 2 aromatic carbocycles. The largest absolute Gasteiger partial charge is 1.00 e. The maximum atomic E-state index is 3.58. The number of thiophene rings is 1. The van der Waals surface area contributed by atoms with Gasteiger partial charge >= 0.3 is 134 Å². The van der Waals surface area contributed by atoms with Gasteiger partial charge in [0.25, 0.3) is 0 Å². The van der Waals surface area contributed by atoms with Crippen molar-refractivity contribution in [2.75, 3.05) is 0 Å². The van der Waals surface area contributed by atoms with Crippen LogP contribution in [0.2, 0.25) is 0 Å². The zero-order valence-electron chi connectivity index (χ0n) is 10.6. The molecule has 0 spiro atoms. The molecule has 0 aliphatic heterocycles. The first-order valence-corrected chi connectivity index (χ1v) is 8.62. The van der Waals surface area contributed by atoms with E-state index in [0.29, 0.717) is 0 Å². The standard InChI is InChI=1S/C15H8BrS.3ClH.Zr/c16-10-5-6-14-12(8-10)13-7-9-3-1-2-4-11(9)15(13)17-14;;;;/h1-2,4-6,8H,7H2;3*1H;/q;;;;+3/p-3. The molecule has 21 heavy (non-hydrogen) atoms. The molecule has 1 aliphatic rings. The molecule has 0 amide bonds. The smallest absolute Gasteiger partial charge is 1.00 e. The van der Waals surface area contributed by atoms with Gasteiger partial charge in [0.2, 0.25) is 0 Å². The van der Waals surface area contributed by atoms with Crippen LogP contribution in [0.25, 0.3) is 20.5 Å². The average molecular weight is 498 g/mol. The van der Waals surface area contributed by atoms with Gasteiger partial charge < -0.3 is 37.2 Å². The van der Waals surface area contributed by atoms with Crippen LogP contribution in [0.1, 0.15) is 11.1 Å². The molecule has 106 valence electrons. The number of benzene rings is 2. The summed E-state index contributed by atoms with van der Waals surface area (Å²) < 4.78 is 4.09. The Hall–Kier alpha value is 0.633. The second-order valence-electron chi connectivity index (χ2n) is 4.56. The van der Waals surface area contributed by atoms with E-state index in [0.717, 1.165) is 6.42 Å². The van der Waals surface area contributed by atoms with Crippen LogP contribution < -0.4 is 40.5 Å². The van der Waals surface area contributed by atoms with Crippen LogP contribution in [-0.2, 0) is 31.1 Å². The van der Waals surface area contributed by atoms with Gasteiger partial charge in [-0.1, -0.05) is 0 Å². The third kappa shape index (κ3) is 3.16. The fraction of sp³-hybridized carbons (Fsp3) is 0.0667. The second kappa shape index (κ2) is 7.47. The zero-order valence-corrected chi connectivity index (χ0v) is 17.7. The summed E-state index contributed by atoms with van der Waals surface area (Å²) in [4.78, 5) is 1.49.